The predicted molar refractivity (Wildman–Crippen MR) is 69.6 cm³/mol. The van der Waals surface area contributed by atoms with Gasteiger partial charge in [0.05, 0.1) is 0 Å². The van der Waals surface area contributed by atoms with Gasteiger partial charge in [-0.15, -0.1) is 0 Å². The molecule has 0 radical (unpaired) electrons. The van der Waals surface area contributed by atoms with E-state index in [1.807, 2.05) is 0 Å². The Morgan fingerprint density at radius 2 is 2.20 bits per heavy atom. The second kappa shape index (κ2) is 5.66. The van der Waals surface area contributed by atoms with Gasteiger partial charge in [-0.2, -0.15) is 11.3 Å². The fraction of sp³-hybridized carbons (Fsp3) is 0.692. The minimum atomic E-state index is 0.268. The molecule has 0 fully saturated rings. The predicted octanol–water partition coefficient (Wildman–Crippen LogP) is 3.85. The highest BCUT2D eigenvalue weighted by Crippen LogP contribution is 2.14. The molecule has 0 aliphatic carbocycles. The minimum Gasteiger partial charge on any atom is -0.309 e. The van der Waals surface area contributed by atoms with Crippen molar-refractivity contribution in [2.75, 3.05) is 0 Å². The van der Waals surface area contributed by atoms with Crippen LogP contribution in [0.25, 0.3) is 0 Å². The largest absolute Gasteiger partial charge is 0.309 e. The summed E-state index contributed by atoms with van der Waals surface area (Å²) in [6, 6.07) is 2.77. The van der Waals surface area contributed by atoms with Crippen LogP contribution in [0, 0.1) is 0 Å². The van der Waals surface area contributed by atoms with Gasteiger partial charge in [0.15, 0.2) is 0 Å². The van der Waals surface area contributed by atoms with Gasteiger partial charge in [0.2, 0.25) is 0 Å². The lowest BCUT2D eigenvalue weighted by Gasteiger charge is -2.30. The van der Waals surface area contributed by atoms with E-state index in [0.717, 1.165) is 6.42 Å². The topological polar surface area (TPSA) is 12.0 Å². The van der Waals surface area contributed by atoms with Crippen LogP contribution in [0.2, 0.25) is 0 Å². The Bertz CT molecular complexity index is 264. The summed E-state index contributed by atoms with van der Waals surface area (Å²) in [7, 11) is 0. The summed E-state index contributed by atoms with van der Waals surface area (Å²) in [5.74, 6) is 0. The van der Waals surface area contributed by atoms with Gasteiger partial charge in [0.1, 0.15) is 0 Å². The third-order valence-corrected chi connectivity index (χ3v) is 3.37. The van der Waals surface area contributed by atoms with Crippen molar-refractivity contribution in [1.82, 2.24) is 5.32 Å². The molecule has 1 atom stereocenters. The number of nitrogens with one attached hydrogen (secondary N) is 1. The number of thiophene rings is 1. The van der Waals surface area contributed by atoms with Gasteiger partial charge >= 0.3 is 0 Å². The van der Waals surface area contributed by atoms with Crippen LogP contribution in [0.1, 0.15) is 46.1 Å². The van der Waals surface area contributed by atoms with Crippen LogP contribution in [0.3, 0.4) is 0 Å². The summed E-state index contributed by atoms with van der Waals surface area (Å²) in [5.41, 5.74) is 1.72. The van der Waals surface area contributed by atoms with Gasteiger partial charge in [-0.25, -0.2) is 0 Å². The smallest absolute Gasteiger partial charge is 0.0127 e. The van der Waals surface area contributed by atoms with E-state index in [9.17, 15) is 0 Å². The van der Waals surface area contributed by atoms with Crippen LogP contribution >= 0.6 is 11.3 Å². The van der Waals surface area contributed by atoms with Gasteiger partial charge in [-0.3, -0.25) is 0 Å². The Kier molecular flexibility index (Phi) is 4.81. The monoisotopic (exact) mass is 225 g/mol. The zero-order valence-electron chi connectivity index (χ0n) is 10.3. The Labute approximate surface area is 97.9 Å². The summed E-state index contributed by atoms with van der Waals surface area (Å²) in [6.07, 6.45) is 3.61. The molecule has 1 aromatic heterocycles. The zero-order chi connectivity index (χ0) is 11.3. The quantitative estimate of drug-likeness (QED) is 0.775. The maximum Gasteiger partial charge on any atom is 0.0127 e. The van der Waals surface area contributed by atoms with Gasteiger partial charge in [0.25, 0.3) is 0 Å². The summed E-state index contributed by atoms with van der Waals surface area (Å²) >= 11 is 1.78. The molecule has 0 bridgehead atoms. The lowest BCUT2D eigenvalue weighted by molar-refractivity contribution is 0.319. The molecule has 1 aromatic rings. The van der Waals surface area contributed by atoms with Crippen molar-refractivity contribution in [1.29, 1.82) is 0 Å². The third kappa shape index (κ3) is 4.80. The maximum atomic E-state index is 3.70. The van der Waals surface area contributed by atoms with E-state index in [-0.39, 0.29) is 5.54 Å². The number of rotatable bonds is 6. The standard InChI is InChI=1S/C13H23NS/c1-5-7-13(3,4)14-11(2)9-12-6-8-15-10-12/h6,8,10-11,14H,5,7,9H2,1-4H3. The van der Waals surface area contributed by atoms with Crippen molar-refractivity contribution in [2.45, 2.75) is 58.5 Å². The van der Waals surface area contributed by atoms with Crippen molar-refractivity contribution in [3.63, 3.8) is 0 Å². The lowest BCUT2D eigenvalue weighted by Crippen LogP contribution is -2.45. The molecule has 0 spiro atoms. The lowest BCUT2D eigenvalue weighted by atomic mass is 9.96. The third-order valence-electron chi connectivity index (χ3n) is 2.63. The molecule has 0 aliphatic rings. The average Bonchev–Trinajstić information content (AvgIpc) is 2.54. The van der Waals surface area contributed by atoms with E-state index in [1.165, 1.54) is 18.4 Å². The first kappa shape index (κ1) is 12.7. The van der Waals surface area contributed by atoms with Gasteiger partial charge < -0.3 is 5.32 Å². The molecule has 86 valence electrons. The highest BCUT2D eigenvalue weighted by atomic mass is 32.1. The van der Waals surface area contributed by atoms with Crippen molar-refractivity contribution >= 4 is 11.3 Å². The Balaban J connectivity index is 2.38. The molecule has 2 heteroatoms. The minimum absolute atomic E-state index is 0.268. The molecule has 0 aromatic carbocycles. The molecule has 1 heterocycles. The first-order chi connectivity index (χ1) is 7.03. The number of hydrogen-bond acceptors (Lipinski definition) is 2. The maximum absolute atomic E-state index is 3.70. The van der Waals surface area contributed by atoms with Crippen molar-refractivity contribution < 1.29 is 0 Å². The SMILES string of the molecule is CCCC(C)(C)NC(C)Cc1ccsc1. The van der Waals surface area contributed by atoms with E-state index < -0.39 is 0 Å². The second-order valence-corrected chi connectivity index (χ2v) is 5.80. The second-order valence-electron chi connectivity index (χ2n) is 5.01. The molecule has 1 N–H and O–H groups in total. The normalized spacial score (nSPS) is 14.1. The molecule has 1 unspecified atom stereocenters. The van der Waals surface area contributed by atoms with E-state index >= 15 is 0 Å². The summed E-state index contributed by atoms with van der Waals surface area (Å²) in [5, 5.41) is 8.09. The van der Waals surface area contributed by atoms with Crippen LogP contribution in [-0.2, 0) is 6.42 Å². The molecule has 15 heavy (non-hydrogen) atoms. The number of hydrogen-bond donors (Lipinski definition) is 1. The summed E-state index contributed by atoms with van der Waals surface area (Å²) in [4.78, 5) is 0. The first-order valence-electron chi connectivity index (χ1n) is 5.82. The molecule has 1 nitrogen and oxygen atoms in total. The Hall–Kier alpha value is -0.340. The van der Waals surface area contributed by atoms with E-state index in [1.54, 1.807) is 11.3 Å². The molecule has 0 saturated heterocycles. The van der Waals surface area contributed by atoms with Crippen LogP contribution in [-0.4, -0.2) is 11.6 Å². The molecule has 1 rings (SSSR count). The van der Waals surface area contributed by atoms with Gasteiger partial charge in [-0.1, -0.05) is 13.3 Å². The van der Waals surface area contributed by atoms with Gasteiger partial charge in [0, 0.05) is 11.6 Å². The highest BCUT2D eigenvalue weighted by molar-refractivity contribution is 7.07. The Morgan fingerprint density at radius 3 is 2.73 bits per heavy atom. The van der Waals surface area contributed by atoms with Gasteiger partial charge in [-0.05, 0) is 56.0 Å². The Morgan fingerprint density at radius 1 is 1.47 bits per heavy atom. The first-order valence-corrected chi connectivity index (χ1v) is 6.76. The fourth-order valence-electron chi connectivity index (χ4n) is 2.18. The average molecular weight is 225 g/mol. The van der Waals surface area contributed by atoms with E-state index in [0.29, 0.717) is 6.04 Å². The van der Waals surface area contributed by atoms with E-state index in [2.05, 4.69) is 49.8 Å². The summed E-state index contributed by atoms with van der Waals surface area (Å²) < 4.78 is 0. The summed E-state index contributed by atoms with van der Waals surface area (Å²) in [6.45, 7) is 9.10. The van der Waals surface area contributed by atoms with Crippen LogP contribution in [0.15, 0.2) is 16.8 Å². The molecular weight excluding hydrogens is 202 g/mol. The van der Waals surface area contributed by atoms with Crippen LogP contribution in [0.5, 0.6) is 0 Å². The van der Waals surface area contributed by atoms with Crippen LogP contribution in [0.4, 0.5) is 0 Å². The van der Waals surface area contributed by atoms with Crippen molar-refractivity contribution in [3.05, 3.63) is 22.4 Å². The van der Waals surface area contributed by atoms with Crippen LogP contribution < -0.4 is 5.32 Å². The van der Waals surface area contributed by atoms with E-state index in [4.69, 9.17) is 0 Å². The molecule has 0 amide bonds. The molecule has 0 saturated carbocycles. The van der Waals surface area contributed by atoms with Crippen molar-refractivity contribution in [3.8, 4) is 0 Å². The molecular formula is C13H23NS. The molecule has 0 aliphatic heterocycles. The highest BCUT2D eigenvalue weighted by Gasteiger charge is 2.18. The van der Waals surface area contributed by atoms with Crippen molar-refractivity contribution in [2.24, 2.45) is 0 Å². The fourth-order valence-corrected chi connectivity index (χ4v) is 2.86. The zero-order valence-corrected chi connectivity index (χ0v) is 11.2.